The van der Waals surface area contributed by atoms with Crippen molar-refractivity contribution in [2.45, 2.75) is 13.5 Å². The third-order valence-corrected chi connectivity index (χ3v) is 3.19. The maximum Gasteiger partial charge on any atom is 0.146 e. The van der Waals surface area contributed by atoms with Crippen LogP contribution in [0.3, 0.4) is 0 Å². The maximum absolute atomic E-state index is 5.90. The number of ether oxygens (including phenoxy) is 1. The SMILES string of the molecule is Cc1ccnc2c(OCc3ccccc3)cccc12. The number of para-hydroxylation sites is 1. The van der Waals surface area contributed by atoms with Crippen LogP contribution in [0.5, 0.6) is 5.75 Å². The lowest BCUT2D eigenvalue weighted by Crippen LogP contribution is -1.96. The second-order valence-corrected chi connectivity index (χ2v) is 4.55. The molecule has 1 aromatic heterocycles. The van der Waals surface area contributed by atoms with Crippen molar-refractivity contribution in [3.63, 3.8) is 0 Å². The monoisotopic (exact) mass is 249 g/mol. The first-order valence-electron chi connectivity index (χ1n) is 6.35. The number of nitrogens with zero attached hydrogens (tertiary/aromatic N) is 1. The normalized spacial score (nSPS) is 10.6. The molecule has 2 nitrogen and oxygen atoms in total. The van der Waals surface area contributed by atoms with Crippen LogP contribution in [0.15, 0.2) is 60.8 Å². The van der Waals surface area contributed by atoms with Gasteiger partial charge in [-0.2, -0.15) is 0 Å². The molecule has 19 heavy (non-hydrogen) atoms. The van der Waals surface area contributed by atoms with Gasteiger partial charge in [-0.1, -0.05) is 42.5 Å². The van der Waals surface area contributed by atoms with Crippen molar-refractivity contribution >= 4 is 10.9 Å². The standard InChI is InChI=1S/C17H15NO/c1-13-10-11-18-17-15(13)8-5-9-16(17)19-12-14-6-3-2-4-7-14/h2-11H,12H2,1H3. The number of hydrogen-bond donors (Lipinski definition) is 0. The number of benzene rings is 2. The minimum Gasteiger partial charge on any atom is -0.487 e. The molecule has 0 amide bonds. The van der Waals surface area contributed by atoms with Crippen molar-refractivity contribution in [2.75, 3.05) is 0 Å². The summed E-state index contributed by atoms with van der Waals surface area (Å²) in [5.74, 6) is 0.838. The molecule has 3 rings (SSSR count). The second-order valence-electron chi connectivity index (χ2n) is 4.55. The number of fused-ring (bicyclic) bond motifs is 1. The lowest BCUT2D eigenvalue weighted by atomic mass is 10.1. The van der Waals surface area contributed by atoms with Crippen LogP contribution >= 0.6 is 0 Å². The molecule has 2 aromatic carbocycles. The van der Waals surface area contributed by atoms with Gasteiger partial charge in [0.2, 0.25) is 0 Å². The fraction of sp³-hybridized carbons (Fsp3) is 0.118. The Kier molecular flexibility index (Phi) is 3.15. The summed E-state index contributed by atoms with van der Waals surface area (Å²) in [5, 5.41) is 1.15. The fourth-order valence-corrected chi connectivity index (χ4v) is 2.14. The van der Waals surface area contributed by atoms with E-state index in [-0.39, 0.29) is 0 Å². The summed E-state index contributed by atoms with van der Waals surface area (Å²) in [4.78, 5) is 4.43. The molecular weight excluding hydrogens is 234 g/mol. The van der Waals surface area contributed by atoms with E-state index >= 15 is 0 Å². The van der Waals surface area contributed by atoms with E-state index in [0.29, 0.717) is 6.61 Å². The molecule has 0 aliphatic heterocycles. The van der Waals surface area contributed by atoms with Gasteiger partial charge in [-0.25, -0.2) is 0 Å². The van der Waals surface area contributed by atoms with Gasteiger partial charge in [-0.15, -0.1) is 0 Å². The molecule has 0 aliphatic carbocycles. The number of aromatic nitrogens is 1. The Morgan fingerprint density at radius 1 is 0.947 bits per heavy atom. The fourth-order valence-electron chi connectivity index (χ4n) is 2.14. The van der Waals surface area contributed by atoms with Crippen molar-refractivity contribution in [1.29, 1.82) is 0 Å². The van der Waals surface area contributed by atoms with E-state index < -0.39 is 0 Å². The number of hydrogen-bond acceptors (Lipinski definition) is 2. The molecule has 0 N–H and O–H groups in total. The molecule has 0 saturated heterocycles. The Bertz CT molecular complexity index is 692. The van der Waals surface area contributed by atoms with E-state index in [9.17, 15) is 0 Å². The predicted molar refractivity (Wildman–Crippen MR) is 77.3 cm³/mol. The van der Waals surface area contributed by atoms with Crippen LogP contribution in [-0.4, -0.2) is 4.98 Å². The maximum atomic E-state index is 5.90. The molecule has 0 spiro atoms. The zero-order valence-electron chi connectivity index (χ0n) is 10.8. The third-order valence-electron chi connectivity index (χ3n) is 3.19. The molecule has 94 valence electrons. The first-order chi connectivity index (χ1) is 9.34. The molecule has 1 heterocycles. The molecule has 0 aliphatic rings. The number of aryl methyl sites for hydroxylation is 1. The van der Waals surface area contributed by atoms with Crippen molar-refractivity contribution in [3.8, 4) is 5.75 Å². The lowest BCUT2D eigenvalue weighted by Gasteiger charge is -2.09. The van der Waals surface area contributed by atoms with Crippen molar-refractivity contribution in [3.05, 3.63) is 71.9 Å². The molecule has 0 unspecified atom stereocenters. The summed E-state index contributed by atoms with van der Waals surface area (Å²) in [6, 6.07) is 18.2. The second kappa shape index (κ2) is 5.11. The zero-order chi connectivity index (χ0) is 13.1. The predicted octanol–water partition coefficient (Wildman–Crippen LogP) is 4.12. The average Bonchev–Trinajstić information content (AvgIpc) is 2.47. The molecule has 0 bridgehead atoms. The van der Waals surface area contributed by atoms with Crippen LogP contribution < -0.4 is 4.74 Å². The highest BCUT2D eigenvalue weighted by Crippen LogP contribution is 2.26. The van der Waals surface area contributed by atoms with Crippen LogP contribution in [0.2, 0.25) is 0 Å². The van der Waals surface area contributed by atoms with E-state index in [4.69, 9.17) is 4.74 Å². The van der Waals surface area contributed by atoms with Crippen LogP contribution in [0.1, 0.15) is 11.1 Å². The van der Waals surface area contributed by atoms with E-state index in [0.717, 1.165) is 22.2 Å². The van der Waals surface area contributed by atoms with Gasteiger partial charge in [-0.05, 0) is 30.2 Å². The van der Waals surface area contributed by atoms with Crippen LogP contribution in [-0.2, 0) is 6.61 Å². The first-order valence-corrected chi connectivity index (χ1v) is 6.35. The van der Waals surface area contributed by atoms with Gasteiger partial charge in [0, 0.05) is 11.6 Å². The van der Waals surface area contributed by atoms with Crippen molar-refractivity contribution < 1.29 is 4.74 Å². The van der Waals surface area contributed by atoms with E-state index in [1.807, 2.05) is 42.6 Å². The summed E-state index contributed by atoms with van der Waals surface area (Å²) in [6.07, 6.45) is 1.83. The van der Waals surface area contributed by atoms with Crippen LogP contribution in [0.25, 0.3) is 10.9 Å². The van der Waals surface area contributed by atoms with E-state index in [2.05, 4.69) is 30.1 Å². The third kappa shape index (κ3) is 2.43. The molecule has 0 atom stereocenters. The van der Waals surface area contributed by atoms with Crippen LogP contribution in [0, 0.1) is 6.92 Å². The topological polar surface area (TPSA) is 22.1 Å². The Morgan fingerprint density at radius 3 is 2.63 bits per heavy atom. The Balaban J connectivity index is 1.91. The zero-order valence-corrected chi connectivity index (χ0v) is 10.8. The summed E-state index contributed by atoms with van der Waals surface area (Å²) in [6.45, 7) is 2.65. The molecule has 2 heteroatoms. The molecule has 0 radical (unpaired) electrons. The van der Waals surface area contributed by atoms with E-state index in [1.165, 1.54) is 5.56 Å². The van der Waals surface area contributed by atoms with Crippen molar-refractivity contribution in [2.24, 2.45) is 0 Å². The number of pyridine rings is 1. The van der Waals surface area contributed by atoms with Gasteiger partial charge >= 0.3 is 0 Å². The largest absolute Gasteiger partial charge is 0.487 e. The Labute approximate surface area is 112 Å². The molecule has 3 aromatic rings. The first kappa shape index (κ1) is 11.7. The smallest absolute Gasteiger partial charge is 0.146 e. The van der Waals surface area contributed by atoms with E-state index in [1.54, 1.807) is 0 Å². The summed E-state index contributed by atoms with van der Waals surface area (Å²) in [7, 11) is 0. The molecule has 0 saturated carbocycles. The van der Waals surface area contributed by atoms with Gasteiger partial charge < -0.3 is 4.74 Å². The highest BCUT2D eigenvalue weighted by Gasteiger charge is 2.05. The minimum atomic E-state index is 0.565. The summed E-state index contributed by atoms with van der Waals surface area (Å²) < 4.78 is 5.90. The summed E-state index contributed by atoms with van der Waals surface area (Å²) in [5.41, 5.74) is 3.31. The summed E-state index contributed by atoms with van der Waals surface area (Å²) >= 11 is 0. The minimum absolute atomic E-state index is 0.565. The van der Waals surface area contributed by atoms with Crippen molar-refractivity contribution in [1.82, 2.24) is 4.98 Å². The van der Waals surface area contributed by atoms with Gasteiger partial charge in [0.15, 0.2) is 0 Å². The lowest BCUT2D eigenvalue weighted by molar-refractivity contribution is 0.309. The molecular formula is C17H15NO. The Hall–Kier alpha value is -2.35. The van der Waals surface area contributed by atoms with Gasteiger partial charge in [0.1, 0.15) is 17.9 Å². The van der Waals surface area contributed by atoms with Crippen LogP contribution in [0.4, 0.5) is 0 Å². The Morgan fingerprint density at radius 2 is 1.79 bits per heavy atom. The van der Waals surface area contributed by atoms with Gasteiger partial charge in [-0.3, -0.25) is 4.98 Å². The van der Waals surface area contributed by atoms with Gasteiger partial charge in [0.25, 0.3) is 0 Å². The quantitative estimate of drug-likeness (QED) is 0.696. The highest BCUT2D eigenvalue weighted by molar-refractivity contribution is 5.86. The van der Waals surface area contributed by atoms with Gasteiger partial charge in [0.05, 0.1) is 0 Å². The molecule has 0 fully saturated rings. The average molecular weight is 249 g/mol. The highest BCUT2D eigenvalue weighted by atomic mass is 16.5. The number of rotatable bonds is 3.